The van der Waals surface area contributed by atoms with Gasteiger partial charge in [-0.3, -0.25) is 9.59 Å². The summed E-state index contributed by atoms with van der Waals surface area (Å²) < 4.78 is 10.9. The Labute approximate surface area is 157 Å². The summed E-state index contributed by atoms with van der Waals surface area (Å²) in [5, 5.41) is 0.149. The molecule has 0 saturated carbocycles. The van der Waals surface area contributed by atoms with E-state index in [4.69, 9.17) is 4.43 Å². The SMILES string of the molecule is COC(=O)CC=CCCCSC1=CC(O[Si](C)(C)C(C)(C)C)CC1=O. The smallest absolute Gasteiger partial charge is 0.309 e. The number of carbonyl (C=O) groups excluding carboxylic acids is 2. The van der Waals surface area contributed by atoms with E-state index in [1.54, 1.807) is 11.8 Å². The number of methoxy groups -OCH3 is 1. The van der Waals surface area contributed by atoms with Crippen molar-refractivity contribution in [1.29, 1.82) is 0 Å². The molecule has 25 heavy (non-hydrogen) atoms. The second-order valence-electron chi connectivity index (χ2n) is 7.82. The standard InChI is InChI=1S/C19H32O4SSi/c1-19(2,3)25(5,6)23-15-13-16(20)17(14-15)24-12-10-8-7-9-11-18(21)22-4/h7,9,14-15H,8,10-13H2,1-6H3. The summed E-state index contributed by atoms with van der Waals surface area (Å²) in [6, 6.07) is 0. The highest BCUT2D eigenvalue weighted by atomic mass is 32.2. The number of hydrogen-bond donors (Lipinski definition) is 0. The third-order valence-corrected chi connectivity index (χ3v) is 10.4. The predicted molar refractivity (Wildman–Crippen MR) is 107 cm³/mol. The Kier molecular flexibility index (Phi) is 8.64. The van der Waals surface area contributed by atoms with Crippen LogP contribution in [-0.4, -0.2) is 39.0 Å². The maximum atomic E-state index is 12.2. The molecule has 0 aliphatic heterocycles. The minimum Gasteiger partial charge on any atom is -0.469 e. The van der Waals surface area contributed by atoms with Crippen molar-refractivity contribution in [3.05, 3.63) is 23.1 Å². The van der Waals surface area contributed by atoms with Crippen LogP contribution >= 0.6 is 11.8 Å². The van der Waals surface area contributed by atoms with E-state index in [2.05, 4.69) is 38.6 Å². The summed E-state index contributed by atoms with van der Waals surface area (Å²) >= 11 is 1.62. The van der Waals surface area contributed by atoms with Gasteiger partial charge in [0.1, 0.15) is 0 Å². The van der Waals surface area contributed by atoms with Crippen LogP contribution in [0.2, 0.25) is 18.1 Å². The molecule has 0 N–H and O–H groups in total. The first-order valence-corrected chi connectivity index (χ1v) is 12.7. The molecular weight excluding hydrogens is 352 g/mol. The molecule has 4 nitrogen and oxygen atoms in total. The van der Waals surface area contributed by atoms with Gasteiger partial charge in [0, 0.05) is 11.3 Å². The van der Waals surface area contributed by atoms with E-state index in [0.717, 1.165) is 23.5 Å². The summed E-state index contributed by atoms with van der Waals surface area (Å²) in [4.78, 5) is 24.0. The molecule has 0 spiro atoms. The van der Waals surface area contributed by atoms with Gasteiger partial charge in [-0.05, 0) is 42.8 Å². The molecule has 0 amide bonds. The molecule has 1 aliphatic carbocycles. The quantitative estimate of drug-likeness (QED) is 0.246. The van der Waals surface area contributed by atoms with Crippen LogP contribution in [0.15, 0.2) is 23.1 Å². The Morgan fingerprint density at radius 3 is 2.64 bits per heavy atom. The molecule has 0 aromatic heterocycles. The Balaban J connectivity index is 2.37. The zero-order valence-electron chi connectivity index (χ0n) is 16.4. The monoisotopic (exact) mass is 384 g/mol. The Morgan fingerprint density at radius 2 is 2.04 bits per heavy atom. The van der Waals surface area contributed by atoms with E-state index >= 15 is 0 Å². The maximum absolute atomic E-state index is 12.2. The summed E-state index contributed by atoms with van der Waals surface area (Å²) in [6.07, 6.45) is 8.45. The molecule has 1 atom stereocenters. The average molecular weight is 385 g/mol. The number of allylic oxidation sites excluding steroid dienone is 2. The van der Waals surface area contributed by atoms with E-state index in [0.29, 0.717) is 12.8 Å². The van der Waals surface area contributed by atoms with E-state index < -0.39 is 8.32 Å². The Bertz CT molecular complexity index is 532. The normalized spacial score (nSPS) is 18.7. The molecule has 6 heteroatoms. The van der Waals surface area contributed by atoms with Gasteiger partial charge in [0.15, 0.2) is 14.1 Å². The minimum absolute atomic E-state index is 0.0594. The van der Waals surface area contributed by atoms with Crippen LogP contribution < -0.4 is 0 Å². The van der Waals surface area contributed by atoms with E-state index in [-0.39, 0.29) is 22.9 Å². The molecule has 0 bridgehead atoms. The summed E-state index contributed by atoms with van der Waals surface area (Å²) in [7, 11) is -0.458. The molecule has 0 radical (unpaired) electrons. The fourth-order valence-electron chi connectivity index (χ4n) is 2.13. The summed E-state index contributed by atoms with van der Waals surface area (Å²) in [5.74, 6) is 0.877. The first-order chi connectivity index (χ1) is 11.6. The van der Waals surface area contributed by atoms with Gasteiger partial charge in [0.05, 0.1) is 19.6 Å². The molecule has 1 unspecified atom stereocenters. The zero-order chi connectivity index (χ0) is 19.1. The van der Waals surface area contributed by atoms with Crippen molar-refractivity contribution < 1.29 is 18.8 Å². The molecule has 0 fully saturated rings. The highest BCUT2D eigenvalue weighted by molar-refractivity contribution is 8.04. The van der Waals surface area contributed by atoms with Gasteiger partial charge in [0.2, 0.25) is 0 Å². The number of rotatable bonds is 9. The number of hydrogen-bond acceptors (Lipinski definition) is 5. The molecular formula is C19H32O4SSi. The van der Waals surface area contributed by atoms with Gasteiger partial charge in [-0.1, -0.05) is 32.9 Å². The zero-order valence-corrected chi connectivity index (χ0v) is 18.2. The minimum atomic E-state index is -1.85. The van der Waals surface area contributed by atoms with Gasteiger partial charge in [-0.2, -0.15) is 0 Å². The van der Waals surface area contributed by atoms with E-state index in [1.165, 1.54) is 7.11 Å². The van der Waals surface area contributed by atoms with Crippen molar-refractivity contribution in [2.24, 2.45) is 0 Å². The number of ether oxygens (including phenoxy) is 1. The predicted octanol–water partition coefficient (Wildman–Crippen LogP) is 4.87. The maximum Gasteiger partial charge on any atom is 0.309 e. The second kappa shape index (κ2) is 9.74. The molecule has 0 heterocycles. The number of ketones is 1. The van der Waals surface area contributed by atoms with Gasteiger partial charge in [0.25, 0.3) is 0 Å². The number of thioether (sulfide) groups is 1. The fraction of sp³-hybridized carbons (Fsp3) is 0.684. The van der Waals surface area contributed by atoms with Crippen LogP contribution in [-0.2, 0) is 18.8 Å². The second-order valence-corrected chi connectivity index (χ2v) is 13.7. The van der Waals surface area contributed by atoms with Gasteiger partial charge in [-0.15, -0.1) is 11.8 Å². The Hall–Kier alpha value is -0.853. The molecule has 1 rings (SSSR count). The van der Waals surface area contributed by atoms with Crippen molar-refractivity contribution in [2.45, 2.75) is 70.7 Å². The van der Waals surface area contributed by atoms with Crippen LogP contribution in [0.3, 0.4) is 0 Å². The van der Waals surface area contributed by atoms with Gasteiger partial charge in [-0.25, -0.2) is 0 Å². The molecule has 0 saturated heterocycles. The summed E-state index contributed by atoms with van der Waals surface area (Å²) in [5.41, 5.74) is 0. The summed E-state index contributed by atoms with van der Waals surface area (Å²) in [6.45, 7) is 11.1. The molecule has 1 aliphatic rings. The van der Waals surface area contributed by atoms with Gasteiger partial charge < -0.3 is 9.16 Å². The van der Waals surface area contributed by atoms with E-state index in [1.807, 2.05) is 18.2 Å². The first kappa shape index (κ1) is 22.2. The number of unbranched alkanes of at least 4 members (excludes halogenated alkanes) is 1. The number of carbonyl (C=O) groups is 2. The third kappa shape index (κ3) is 7.50. The van der Waals surface area contributed by atoms with E-state index in [9.17, 15) is 9.59 Å². The molecule has 0 aromatic rings. The van der Waals surface area contributed by atoms with Crippen molar-refractivity contribution in [1.82, 2.24) is 0 Å². The van der Waals surface area contributed by atoms with Crippen LogP contribution in [0.1, 0.15) is 46.5 Å². The first-order valence-electron chi connectivity index (χ1n) is 8.84. The average Bonchev–Trinajstić information content (AvgIpc) is 2.83. The lowest BCUT2D eigenvalue weighted by Crippen LogP contribution is -2.43. The third-order valence-electron chi connectivity index (χ3n) is 4.70. The van der Waals surface area contributed by atoms with Crippen molar-refractivity contribution in [2.75, 3.05) is 12.9 Å². The van der Waals surface area contributed by atoms with Crippen LogP contribution in [0.5, 0.6) is 0 Å². The van der Waals surface area contributed by atoms with Gasteiger partial charge >= 0.3 is 5.97 Å². The largest absolute Gasteiger partial charge is 0.469 e. The highest BCUT2D eigenvalue weighted by Crippen LogP contribution is 2.39. The Morgan fingerprint density at radius 1 is 1.36 bits per heavy atom. The lowest BCUT2D eigenvalue weighted by atomic mass is 10.2. The highest BCUT2D eigenvalue weighted by Gasteiger charge is 2.40. The number of Topliss-reactive ketones (excluding diaryl/α,β-unsaturated/α-hetero) is 1. The molecule has 0 aromatic carbocycles. The number of esters is 1. The van der Waals surface area contributed by atoms with Crippen LogP contribution in [0, 0.1) is 0 Å². The lowest BCUT2D eigenvalue weighted by Gasteiger charge is -2.37. The lowest BCUT2D eigenvalue weighted by molar-refractivity contribution is -0.139. The topological polar surface area (TPSA) is 52.6 Å². The van der Waals surface area contributed by atoms with Crippen molar-refractivity contribution in [3.8, 4) is 0 Å². The molecule has 142 valence electrons. The van der Waals surface area contributed by atoms with Crippen LogP contribution in [0.25, 0.3) is 0 Å². The fourth-order valence-corrected chi connectivity index (χ4v) is 4.41. The van der Waals surface area contributed by atoms with Crippen LogP contribution in [0.4, 0.5) is 0 Å². The van der Waals surface area contributed by atoms with Crippen molar-refractivity contribution >= 4 is 31.8 Å². The van der Waals surface area contributed by atoms with Crippen molar-refractivity contribution in [3.63, 3.8) is 0 Å².